The lowest BCUT2D eigenvalue weighted by molar-refractivity contribution is 0.0102. The average Bonchev–Trinajstić information content (AvgIpc) is 3.62. The van der Waals surface area contributed by atoms with Crippen molar-refractivity contribution < 1.29 is 9.47 Å². The van der Waals surface area contributed by atoms with Crippen molar-refractivity contribution in [2.75, 3.05) is 31.7 Å². The molecular weight excluding hydrogens is 566 g/mol. The molecule has 6 rings (SSSR count). The molecule has 43 heavy (non-hydrogen) atoms. The molecule has 0 bridgehead atoms. The summed E-state index contributed by atoms with van der Waals surface area (Å²) in [5.41, 5.74) is 1.96. The molecule has 3 aliphatic rings. The summed E-state index contributed by atoms with van der Waals surface area (Å²) in [6.07, 6.45) is 10.6. The number of pyridine rings is 2. The van der Waals surface area contributed by atoms with Crippen molar-refractivity contribution in [3.8, 4) is 17.3 Å². The Labute approximate surface area is 257 Å². The molecule has 0 radical (unpaired) electrons. The first-order valence-electron chi connectivity index (χ1n) is 15.4. The van der Waals surface area contributed by atoms with Gasteiger partial charge in [0, 0.05) is 49.3 Å². The maximum Gasteiger partial charge on any atom is 0.206 e. The van der Waals surface area contributed by atoms with Crippen LogP contribution in [0.25, 0.3) is 11.3 Å². The number of hydrogen-bond donors (Lipinski definition) is 3. The largest absolute Gasteiger partial charge is 0.381 e. The molecule has 0 amide bonds. The van der Waals surface area contributed by atoms with E-state index in [1.54, 1.807) is 6.20 Å². The smallest absolute Gasteiger partial charge is 0.206 e. The van der Waals surface area contributed by atoms with Gasteiger partial charge in [-0.25, -0.2) is 4.98 Å². The highest BCUT2D eigenvalue weighted by atomic mass is 35.5. The number of halogens is 1. The van der Waals surface area contributed by atoms with Crippen LogP contribution in [0.3, 0.4) is 0 Å². The van der Waals surface area contributed by atoms with Gasteiger partial charge in [0.2, 0.25) is 5.82 Å². The van der Waals surface area contributed by atoms with Gasteiger partial charge in [0.25, 0.3) is 0 Å². The SMILES string of the molecule is C[C@@H](COC1(c2nn[nH]n2)CC1)NC1CCC(Cc2cc(-c3cccc(NCC4(C#N)CCOCC4)n3)c(Cl)cn2)CC1. The van der Waals surface area contributed by atoms with E-state index in [2.05, 4.69) is 55.3 Å². The summed E-state index contributed by atoms with van der Waals surface area (Å²) in [5.74, 6) is 1.99. The Morgan fingerprint density at radius 2 is 2.00 bits per heavy atom. The maximum absolute atomic E-state index is 9.78. The van der Waals surface area contributed by atoms with Gasteiger partial charge < -0.3 is 20.1 Å². The second kappa shape index (κ2) is 13.2. The zero-order valence-corrected chi connectivity index (χ0v) is 25.4. The number of nitriles is 1. The van der Waals surface area contributed by atoms with E-state index < -0.39 is 5.41 Å². The van der Waals surface area contributed by atoms with E-state index in [1.165, 1.54) is 0 Å². The first-order valence-corrected chi connectivity index (χ1v) is 15.8. The van der Waals surface area contributed by atoms with Crippen LogP contribution >= 0.6 is 11.6 Å². The van der Waals surface area contributed by atoms with E-state index in [9.17, 15) is 5.26 Å². The second-order valence-corrected chi connectivity index (χ2v) is 12.9. The lowest BCUT2D eigenvalue weighted by Crippen LogP contribution is -2.42. The molecule has 3 fully saturated rings. The summed E-state index contributed by atoms with van der Waals surface area (Å²) in [5, 5.41) is 32.0. The fraction of sp³-hybridized carbons (Fsp3) is 0.613. The van der Waals surface area contributed by atoms with E-state index in [4.69, 9.17) is 26.1 Å². The molecule has 0 aromatic carbocycles. The number of nitrogens with zero attached hydrogens (tertiary/aromatic N) is 6. The number of hydrogen-bond acceptors (Lipinski definition) is 10. The van der Waals surface area contributed by atoms with Crippen LogP contribution in [-0.4, -0.2) is 69.0 Å². The van der Waals surface area contributed by atoms with Crippen molar-refractivity contribution >= 4 is 17.4 Å². The highest BCUT2D eigenvalue weighted by Crippen LogP contribution is 2.47. The molecule has 0 spiro atoms. The van der Waals surface area contributed by atoms with Gasteiger partial charge in [0.15, 0.2) is 0 Å². The highest BCUT2D eigenvalue weighted by molar-refractivity contribution is 6.33. The number of aromatic nitrogens is 6. The predicted octanol–water partition coefficient (Wildman–Crippen LogP) is 4.83. The number of ether oxygens (including phenoxy) is 2. The number of aromatic amines is 1. The van der Waals surface area contributed by atoms with Gasteiger partial charge in [-0.15, -0.1) is 10.2 Å². The van der Waals surface area contributed by atoms with Gasteiger partial charge in [-0.05, 0) is 88.8 Å². The zero-order valence-electron chi connectivity index (χ0n) is 24.7. The quantitative estimate of drug-likeness (QED) is 0.262. The van der Waals surface area contributed by atoms with Gasteiger partial charge in [-0.1, -0.05) is 22.9 Å². The maximum atomic E-state index is 9.78. The van der Waals surface area contributed by atoms with E-state index in [0.29, 0.717) is 49.2 Å². The Kier molecular flexibility index (Phi) is 9.19. The monoisotopic (exact) mass is 605 g/mol. The predicted molar refractivity (Wildman–Crippen MR) is 162 cm³/mol. The molecule has 3 N–H and O–H groups in total. The third-order valence-corrected chi connectivity index (χ3v) is 9.46. The van der Waals surface area contributed by atoms with Crippen LogP contribution in [0.2, 0.25) is 5.02 Å². The Balaban J connectivity index is 0.994. The Morgan fingerprint density at radius 1 is 1.19 bits per heavy atom. The third kappa shape index (κ3) is 7.32. The molecule has 11 nitrogen and oxygen atoms in total. The summed E-state index contributed by atoms with van der Waals surface area (Å²) < 4.78 is 11.7. The molecule has 228 valence electrons. The average molecular weight is 606 g/mol. The summed E-state index contributed by atoms with van der Waals surface area (Å²) in [7, 11) is 0. The fourth-order valence-corrected chi connectivity index (χ4v) is 6.49. The van der Waals surface area contributed by atoms with Crippen molar-refractivity contribution in [2.45, 2.75) is 82.4 Å². The summed E-state index contributed by atoms with van der Waals surface area (Å²) in [4.78, 5) is 9.50. The van der Waals surface area contributed by atoms with E-state index >= 15 is 0 Å². The van der Waals surface area contributed by atoms with Crippen LogP contribution in [0.5, 0.6) is 0 Å². The van der Waals surface area contributed by atoms with Crippen molar-refractivity contribution in [1.82, 2.24) is 35.9 Å². The lowest BCUT2D eigenvalue weighted by Gasteiger charge is -2.31. The molecule has 3 aromatic heterocycles. The lowest BCUT2D eigenvalue weighted by atomic mass is 9.82. The Bertz CT molecular complexity index is 1390. The van der Waals surface area contributed by atoms with Crippen LogP contribution in [-0.2, 0) is 21.5 Å². The number of H-pyrrole nitrogens is 1. The Morgan fingerprint density at radius 3 is 2.72 bits per heavy atom. The van der Waals surface area contributed by atoms with Crippen molar-refractivity contribution in [1.29, 1.82) is 5.26 Å². The topological polar surface area (TPSA) is 147 Å². The van der Waals surface area contributed by atoms with Crippen molar-refractivity contribution in [3.05, 3.63) is 47.0 Å². The first-order chi connectivity index (χ1) is 21.0. The highest BCUT2D eigenvalue weighted by Gasteiger charge is 2.50. The van der Waals surface area contributed by atoms with E-state index in [0.717, 1.165) is 80.6 Å². The van der Waals surface area contributed by atoms with E-state index in [1.807, 2.05) is 18.2 Å². The molecule has 2 saturated carbocycles. The number of anilines is 1. The molecule has 1 aliphatic heterocycles. The zero-order chi connectivity index (χ0) is 29.7. The summed E-state index contributed by atoms with van der Waals surface area (Å²) in [6, 6.07) is 11.2. The fourth-order valence-electron chi connectivity index (χ4n) is 6.29. The Hall–Kier alpha value is -3.17. The molecule has 0 unspecified atom stereocenters. The second-order valence-electron chi connectivity index (χ2n) is 12.5. The third-order valence-electron chi connectivity index (χ3n) is 9.16. The molecule has 4 heterocycles. The molecule has 1 atom stereocenters. The minimum Gasteiger partial charge on any atom is -0.381 e. The molecule has 3 aromatic rings. The molecular formula is C31H40ClN9O2. The van der Waals surface area contributed by atoms with Crippen LogP contribution in [0.4, 0.5) is 5.82 Å². The number of nitrogens with one attached hydrogen (secondary N) is 3. The van der Waals surface area contributed by atoms with Crippen molar-refractivity contribution in [3.63, 3.8) is 0 Å². The molecule has 2 aliphatic carbocycles. The van der Waals surface area contributed by atoms with Crippen LogP contribution in [0.1, 0.15) is 69.8 Å². The minimum atomic E-state index is -0.423. The van der Waals surface area contributed by atoms with E-state index in [-0.39, 0.29) is 11.6 Å². The molecule has 1 saturated heterocycles. The van der Waals surface area contributed by atoms with Crippen LogP contribution in [0, 0.1) is 22.7 Å². The van der Waals surface area contributed by atoms with Gasteiger partial charge in [0.1, 0.15) is 11.4 Å². The summed E-state index contributed by atoms with van der Waals surface area (Å²) >= 11 is 6.61. The van der Waals surface area contributed by atoms with Gasteiger partial charge in [-0.3, -0.25) is 4.98 Å². The van der Waals surface area contributed by atoms with Gasteiger partial charge in [-0.2, -0.15) is 10.5 Å². The minimum absolute atomic E-state index is 0.256. The van der Waals surface area contributed by atoms with Gasteiger partial charge >= 0.3 is 0 Å². The van der Waals surface area contributed by atoms with Gasteiger partial charge in [0.05, 0.1) is 28.8 Å². The number of tetrazole rings is 1. The summed E-state index contributed by atoms with van der Waals surface area (Å²) in [6.45, 7) is 4.60. The number of rotatable bonds is 12. The first kappa shape index (κ1) is 29.9. The van der Waals surface area contributed by atoms with Crippen LogP contribution < -0.4 is 10.6 Å². The van der Waals surface area contributed by atoms with Crippen LogP contribution in [0.15, 0.2) is 30.5 Å². The van der Waals surface area contributed by atoms with Crippen molar-refractivity contribution in [2.24, 2.45) is 11.3 Å². The standard InChI is InChI=1S/C31H40ClN9O2/c1-21(18-43-31(9-10-31)29-38-40-41-39-29)36-23-7-5-22(6-8-23)15-24-16-25(26(32)17-34-24)27-3-2-4-28(37-27)35-20-30(19-33)11-13-42-14-12-30/h2-4,16-17,21-23,36H,5-15,18,20H2,1H3,(H,35,37)(H,38,39,40,41)/t21-,22?,23?/m0/s1. The normalized spacial score (nSPS) is 23.3. The molecule has 12 heteroatoms.